The monoisotopic (exact) mass is 372 g/mol. The van der Waals surface area contributed by atoms with E-state index < -0.39 is 10.0 Å². The molecule has 0 spiro atoms. The molecule has 1 aromatic carbocycles. The van der Waals surface area contributed by atoms with Crippen molar-refractivity contribution in [3.8, 4) is 0 Å². The molecule has 2 N–H and O–H groups in total. The van der Waals surface area contributed by atoms with Gasteiger partial charge in [0.25, 0.3) is 5.89 Å². The van der Waals surface area contributed by atoms with Crippen LogP contribution in [-0.2, 0) is 16.4 Å². The highest BCUT2D eigenvalue weighted by Crippen LogP contribution is 2.12. The molecule has 1 aromatic heterocycles. The number of likely N-dealkylation sites (N-methyl/N-ethyl adjacent to an activating group) is 1. The number of rotatable bonds is 7. The fraction of sp³-hybridized carbons (Fsp3) is 0.333. The summed E-state index contributed by atoms with van der Waals surface area (Å²) in [6.07, 6.45) is 4.17. The van der Waals surface area contributed by atoms with Crippen molar-refractivity contribution in [2.75, 3.05) is 14.1 Å². The lowest BCUT2D eigenvalue weighted by atomic mass is 10.2. The van der Waals surface area contributed by atoms with Crippen LogP contribution in [0.4, 0.5) is 0 Å². The molecule has 7 nitrogen and oxygen atoms in total. The van der Waals surface area contributed by atoms with E-state index in [1.807, 2.05) is 14.0 Å². The van der Waals surface area contributed by atoms with Crippen molar-refractivity contribution in [1.29, 1.82) is 0 Å². The number of aromatic nitrogens is 2. The van der Waals surface area contributed by atoms with Crippen molar-refractivity contribution in [3.63, 3.8) is 0 Å². The summed E-state index contributed by atoms with van der Waals surface area (Å²) in [6, 6.07) is 6.77. The second-order valence-corrected chi connectivity index (χ2v) is 6.94. The van der Waals surface area contributed by atoms with Gasteiger partial charge in [-0.25, -0.2) is 13.1 Å². The summed E-state index contributed by atoms with van der Waals surface area (Å²) >= 11 is 0. The van der Waals surface area contributed by atoms with Crippen molar-refractivity contribution in [2.24, 2.45) is 0 Å². The van der Waals surface area contributed by atoms with Crippen molar-refractivity contribution < 1.29 is 12.9 Å². The number of halogens is 1. The summed E-state index contributed by atoms with van der Waals surface area (Å²) in [4.78, 5) is 4.49. The molecule has 0 bridgehead atoms. The molecule has 1 unspecified atom stereocenters. The summed E-state index contributed by atoms with van der Waals surface area (Å²) < 4.78 is 30.7. The van der Waals surface area contributed by atoms with Crippen molar-refractivity contribution in [1.82, 2.24) is 20.2 Å². The smallest absolute Gasteiger partial charge is 0.250 e. The molecule has 2 aromatic rings. The number of hydrogen-bond donors (Lipinski definition) is 2. The van der Waals surface area contributed by atoms with Crippen LogP contribution in [0.25, 0.3) is 12.2 Å². The Morgan fingerprint density at radius 1 is 1.21 bits per heavy atom. The van der Waals surface area contributed by atoms with Crippen LogP contribution in [0.15, 0.2) is 33.7 Å². The SMILES string of the molecule is CNC(C)Cc1noc(/C=C/c2ccc(S(=O)(=O)NC)cc2)n1.Cl. The average Bonchev–Trinajstić information content (AvgIpc) is 3.00. The van der Waals surface area contributed by atoms with Gasteiger partial charge in [-0.05, 0) is 44.8 Å². The van der Waals surface area contributed by atoms with E-state index >= 15 is 0 Å². The number of sulfonamides is 1. The topological polar surface area (TPSA) is 97.1 Å². The van der Waals surface area contributed by atoms with Gasteiger partial charge in [0.15, 0.2) is 5.82 Å². The van der Waals surface area contributed by atoms with Gasteiger partial charge in [0.2, 0.25) is 10.0 Å². The van der Waals surface area contributed by atoms with E-state index in [0.29, 0.717) is 18.1 Å². The highest BCUT2D eigenvalue weighted by Gasteiger charge is 2.10. The quantitative estimate of drug-likeness (QED) is 0.768. The molecule has 1 atom stereocenters. The molecule has 0 aliphatic heterocycles. The molecule has 0 saturated heterocycles. The maximum absolute atomic E-state index is 11.6. The first-order valence-corrected chi connectivity index (χ1v) is 8.64. The van der Waals surface area contributed by atoms with Crippen LogP contribution in [0.3, 0.4) is 0 Å². The normalized spacial score (nSPS) is 13.0. The molecule has 0 amide bonds. The second-order valence-electron chi connectivity index (χ2n) is 5.05. The fourth-order valence-corrected chi connectivity index (χ4v) is 2.57. The van der Waals surface area contributed by atoms with Crippen LogP contribution in [0.2, 0.25) is 0 Å². The third-order valence-electron chi connectivity index (χ3n) is 3.34. The Bertz CT molecular complexity index is 772. The van der Waals surface area contributed by atoms with Gasteiger partial charge in [-0.1, -0.05) is 17.3 Å². The predicted octanol–water partition coefficient (Wildman–Crippen LogP) is 1.72. The van der Waals surface area contributed by atoms with Crippen molar-refractivity contribution >= 4 is 34.6 Å². The van der Waals surface area contributed by atoms with Gasteiger partial charge in [-0.3, -0.25) is 0 Å². The van der Waals surface area contributed by atoms with Gasteiger partial charge in [0.1, 0.15) is 0 Å². The lowest BCUT2D eigenvalue weighted by molar-refractivity contribution is 0.400. The van der Waals surface area contributed by atoms with E-state index in [0.717, 1.165) is 5.56 Å². The van der Waals surface area contributed by atoms with E-state index in [1.54, 1.807) is 36.4 Å². The maximum Gasteiger partial charge on any atom is 0.250 e. The third-order valence-corrected chi connectivity index (χ3v) is 4.77. The van der Waals surface area contributed by atoms with Crippen molar-refractivity contribution in [3.05, 3.63) is 41.5 Å². The average molecular weight is 373 g/mol. The van der Waals surface area contributed by atoms with Gasteiger partial charge < -0.3 is 9.84 Å². The van der Waals surface area contributed by atoms with Gasteiger partial charge in [0, 0.05) is 18.5 Å². The minimum Gasteiger partial charge on any atom is -0.335 e. The lowest BCUT2D eigenvalue weighted by Crippen LogP contribution is -2.24. The van der Waals surface area contributed by atoms with E-state index in [4.69, 9.17) is 4.52 Å². The first-order valence-electron chi connectivity index (χ1n) is 7.16. The van der Waals surface area contributed by atoms with Crippen LogP contribution in [0, 0.1) is 0 Å². The van der Waals surface area contributed by atoms with Gasteiger partial charge >= 0.3 is 0 Å². The number of nitrogens with one attached hydrogen (secondary N) is 2. The molecule has 2 rings (SSSR count). The summed E-state index contributed by atoms with van der Waals surface area (Å²) in [5.74, 6) is 1.05. The molecule has 0 saturated carbocycles. The van der Waals surface area contributed by atoms with E-state index in [9.17, 15) is 8.42 Å². The molecule has 132 valence electrons. The summed E-state index contributed by atoms with van der Waals surface area (Å²) in [5.41, 5.74) is 0.836. The van der Waals surface area contributed by atoms with Gasteiger partial charge in [-0.15, -0.1) is 12.4 Å². The molecule has 0 aliphatic rings. The number of benzene rings is 1. The molecule has 1 heterocycles. The Labute approximate surface area is 148 Å². The van der Waals surface area contributed by atoms with Crippen LogP contribution >= 0.6 is 12.4 Å². The first kappa shape index (κ1) is 20.3. The highest BCUT2D eigenvalue weighted by molar-refractivity contribution is 7.89. The molecule has 0 aliphatic carbocycles. The number of hydrogen-bond acceptors (Lipinski definition) is 6. The molecule has 9 heteroatoms. The molecule has 0 radical (unpaired) electrons. The predicted molar refractivity (Wildman–Crippen MR) is 95.4 cm³/mol. The Morgan fingerprint density at radius 2 is 1.88 bits per heavy atom. The maximum atomic E-state index is 11.6. The minimum absolute atomic E-state index is 0. The zero-order chi connectivity index (χ0) is 16.9. The Balaban J connectivity index is 0.00000288. The number of nitrogens with zero attached hydrogens (tertiary/aromatic N) is 2. The van der Waals surface area contributed by atoms with Crippen LogP contribution < -0.4 is 10.0 Å². The minimum atomic E-state index is -3.41. The van der Waals surface area contributed by atoms with Crippen LogP contribution in [0.5, 0.6) is 0 Å². The zero-order valence-corrected chi connectivity index (χ0v) is 15.3. The molecular weight excluding hydrogens is 352 g/mol. The van der Waals surface area contributed by atoms with E-state index in [-0.39, 0.29) is 23.3 Å². The molecule has 24 heavy (non-hydrogen) atoms. The lowest BCUT2D eigenvalue weighted by Gasteiger charge is -2.04. The Morgan fingerprint density at radius 3 is 2.46 bits per heavy atom. The highest BCUT2D eigenvalue weighted by atomic mass is 35.5. The molecular formula is C15H21ClN4O3S. The zero-order valence-electron chi connectivity index (χ0n) is 13.7. The fourth-order valence-electron chi connectivity index (χ4n) is 1.84. The van der Waals surface area contributed by atoms with Crippen molar-refractivity contribution in [2.45, 2.75) is 24.3 Å². The standard InChI is InChI=1S/C15H20N4O3S.ClH/c1-11(16-2)10-14-18-15(22-19-14)9-6-12-4-7-13(8-5-12)23(20,21)17-3;/h4-9,11,16-17H,10H2,1-3H3;1H/b9-6+;. The van der Waals surface area contributed by atoms with Crippen LogP contribution in [0.1, 0.15) is 24.2 Å². The third kappa shape index (κ3) is 5.41. The summed E-state index contributed by atoms with van der Waals surface area (Å²) in [5, 5.41) is 7.02. The van der Waals surface area contributed by atoms with E-state index in [2.05, 4.69) is 20.2 Å². The van der Waals surface area contributed by atoms with Gasteiger partial charge in [-0.2, -0.15) is 4.98 Å². The first-order chi connectivity index (χ1) is 10.9. The second kappa shape index (κ2) is 8.93. The van der Waals surface area contributed by atoms with Crippen LogP contribution in [-0.4, -0.2) is 38.7 Å². The summed E-state index contributed by atoms with van der Waals surface area (Å²) in [7, 11) is -0.155. The van der Waals surface area contributed by atoms with E-state index in [1.165, 1.54) is 7.05 Å². The largest absolute Gasteiger partial charge is 0.335 e. The molecule has 0 fully saturated rings. The van der Waals surface area contributed by atoms with Gasteiger partial charge in [0.05, 0.1) is 4.90 Å². The Hall–Kier alpha value is -1.74. The summed E-state index contributed by atoms with van der Waals surface area (Å²) in [6.45, 7) is 2.03. The Kier molecular flexibility index (Phi) is 7.56.